The van der Waals surface area contributed by atoms with Crippen LogP contribution in [0, 0.1) is 6.92 Å². The predicted molar refractivity (Wildman–Crippen MR) is 64.6 cm³/mol. The first-order valence-corrected chi connectivity index (χ1v) is 5.58. The van der Waals surface area contributed by atoms with Crippen molar-refractivity contribution < 1.29 is 9.53 Å². The van der Waals surface area contributed by atoms with Gasteiger partial charge in [0, 0.05) is 25.8 Å². The molecule has 16 heavy (non-hydrogen) atoms. The topological polar surface area (TPSA) is 38.3 Å². The number of benzene rings is 1. The minimum Gasteiger partial charge on any atom is -0.385 e. The van der Waals surface area contributed by atoms with E-state index in [0.29, 0.717) is 6.54 Å². The number of methoxy groups -OCH3 is 1. The third-order valence-corrected chi connectivity index (χ3v) is 2.34. The SMILES string of the molecule is COCCCCNC(=O)c1cccc(C)c1. The standard InChI is InChI=1S/C13H19NO2/c1-11-6-5-7-12(10-11)13(15)14-8-3-4-9-16-2/h5-7,10H,3-4,8-9H2,1-2H3,(H,14,15). The largest absolute Gasteiger partial charge is 0.385 e. The Kier molecular flexibility index (Phi) is 5.57. The number of unbranched alkanes of at least 4 members (excludes halogenated alkanes) is 1. The molecule has 0 radical (unpaired) electrons. The summed E-state index contributed by atoms with van der Waals surface area (Å²) in [5.74, 6) is 0.00103. The maximum atomic E-state index is 11.7. The maximum absolute atomic E-state index is 11.7. The number of rotatable bonds is 6. The number of ether oxygens (including phenoxy) is 1. The molecule has 1 rings (SSSR count). The van der Waals surface area contributed by atoms with Crippen molar-refractivity contribution >= 4 is 5.91 Å². The second-order valence-corrected chi connectivity index (χ2v) is 3.83. The van der Waals surface area contributed by atoms with Gasteiger partial charge in [0.1, 0.15) is 0 Å². The molecular weight excluding hydrogens is 202 g/mol. The molecule has 0 aliphatic carbocycles. The third kappa shape index (κ3) is 4.45. The summed E-state index contributed by atoms with van der Waals surface area (Å²) in [6.07, 6.45) is 1.93. The zero-order chi connectivity index (χ0) is 11.8. The van der Waals surface area contributed by atoms with Crippen molar-refractivity contribution in [2.24, 2.45) is 0 Å². The molecule has 0 fully saturated rings. The highest BCUT2D eigenvalue weighted by atomic mass is 16.5. The Morgan fingerprint density at radius 3 is 2.88 bits per heavy atom. The Balaban J connectivity index is 2.30. The summed E-state index contributed by atoms with van der Waals surface area (Å²) in [5, 5.41) is 2.89. The van der Waals surface area contributed by atoms with Crippen molar-refractivity contribution in [1.82, 2.24) is 5.32 Å². The molecule has 0 spiro atoms. The van der Waals surface area contributed by atoms with Crippen molar-refractivity contribution in [1.29, 1.82) is 0 Å². The van der Waals surface area contributed by atoms with Gasteiger partial charge >= 0.3 is 0 Å². The average molecular weight is 221 g/mol. The Morgan fingerprint density at radius 1 is 1.38 bits per heavy atom. The van der Waals surface area contributed by atoms with Crippen LogP contribution in [0.25, 0.3) is 0 Å². The predicted octanol–water partition coefficient (Wildman–Crippen LogP) is 2.15. The van der Waals surface area contributed by atoms with Gasteiger partial charge in [-0.3, -0.25) is 4.79 Å². The fourth-order valence-corrected chi connectivity index (χ4v) is 1.46. The molecule has 1 aromatic carbocycles. The number of aryl methyl sites for hydroxylation is 1. The number of hydrogen-bond donors (Lipinski definition) is 1. The fourth-order valence-electron chi connectivity index (χ4n) is 1.46. The molecule has 0 aliphatic rings. The van der Waals surface area contributed by atoms with Crippen LogP contribution in [0.1, 0.15) is 28.8 Å². The number of amides is 1. The first-order valence-electron chi connectivity index (χ1n) is 5.58. The van der Waals surface area contributed by atoms with E-state index < -0.39 is 0 Å². The second kappa shape index (κ2) is 7.01. The summed E-state index contributed by atoms with van der Waals surface area (Å²) in [6, 6.07) is 7.60. The van der Waals surface area contributed by atoms with Gasteiger partial charge in [0.2, 0.25) is 0 Å². The monoisotopic (exact) mass is 221 g/mol. The zero-order valence-electron chi connectivity index (χ0n) is 9.95. The first kappa shape index (κ1) is 12.7. The third-order valence-electron chi connectivity index (χ3n) is 2.34. The smallest absolute Gasteiger partial charge is 0.251 e. The van der Waals surface area contributed by atoms with E-state index in [0.717, 1.165) is 30.6 Å². The van der Waals surface area contributed by atoms with Gasteiger partial charge < -0.3 is 10.1 Å². The zero-order valence-corrected chi connectivity index (χ0v) is 9.95. The van der Waals surface area contributed by atoms with Gasteiger partial charge in [-0.1, -0.05) is 17.7 Å². The lowest BCUT2D eigenvalue weighted by atomic mass is 10.1. The average Bonchev–Trinajstić information content (AvgIpc) is 2.28. The minimum absolute atomic E-state index is 0.00103. The minimum atomic E-state index is 0.00103. The number of hydrogen-bond acceptors (Lipinski definition) is 2. The van der Waals surface area contributed by atoms with Crippen LogP contribution >= 0.6 is 0 Å². The fraction of sp³-hybridized carbons (Fsp3) is 0.462. The molecule has 0 unspecified atom stereocenters. The molecule has 1 aromatic rings. The van der Waals surface area contributed by atoms with E-state index in [9.17, 15) is 4.79 Å². The summed E-state index contributed by atoms with van der Waals surface area (Å²) < 4.78 is 4.94. The van der Waals surface area contributed by atoms with E-state index in [2.05, 4.69) is 5.32 Å². The van der Waals surface area contributed by atoms with Crippen LogP contribution in [-0.2, 0) is 4.74 Å². The van der Waals surface area contributed by atoms with Crippen molar-refractivity contribution in [3.8, 4) is 0 Å². The van der Waals surface area contributed by atoms with Gasteiger partial charge in [0.25, 0.3) is 5.91 Å². The lowest BCUT2D eigenvalue weighted by Crippen LogP contribution is -2.24. The molecule has 88 valence electrons. The molecular formula is C13H19NO2. The maximum Gasteiger partial charge on any atom is 0.251 e. The highest BCUT2D eigenvalue weighted by Crippen LogP contribution is 2.03. The van der Waals surface area contributed by atoms with Gasteiger partial charge in [-0.25, -0.2) is 0 Å². The summed E-state index contributed by atoms with van der Waals surface area (Å²) in [4.78, 5) is 11.7. The van der Waals surface area contributed by atoms with Gasteiger partial charge in [-0.15, -0.1) is 0 Å². The van der Waals surface area contributed by atoms with Crippen molar-refractivity contribution in [2.45, 2.75) is 19.8 Å². The van der Waals surface area contributed by atoms with Crippen LogP contribution in [0.15, 0.2) is 24.3 Å². The van der Waals surface area contributed by atoms with Gasteiger partial charge in [-0.05, 0) is 31.9 Å². The van der Waals surface area contributed by atoms with E-state index >= 15 is 0 Å². The summed E-state index contributed by atoms with van der Waals surface area (Å²) in [6.45, 7) is 3.44. The Bertz CT molecular complexity index is 336. The lowest BCUT2D eigenvalue weighted by molar-refractivity contribution is 0.0951. The second-order valence-electron chi connectivity index (χ2n) is 3.83. The van der Waals surface area contributed by atoms with Crippen molar-refractivity contribution in [2.75, 3.05) is 20.3 Å². The van der Waals surface area contributed by atoms with Crippen molar-refractivity contribution in [3.63, 3.8) is 0 Å². The molecule has 3 heteroatoms. The normalized spacial score (nSPS) is 10.1. The van der Waals surface area contributed by atoms with Gasteiger partial charge in [-0.2, -0.15) is 0 Å². The summed E-state index contributed by atoms with van der Waals surface area (Å²) in [5.41, 5.74) is 1.83. The van der Waals surface area contributed by atoms with Crippen LogP contribution in [0.4, 0.5) is 0 Å². The van der Waals surface area contributed by atoms with Crippen LogP contribution < -0.4 is 5.32 Å². The quantitative estimate of drug-likeness (QED) is 0.747. The molecule has 0 saturated carbocycles. The molecule has 0 aliphatic heterocycles. The molecule has 3 nitrogen and oxygen atoms in total. The molecule has 1 N–H and O–H groups in total. The van der Waals surface area contributed by atoms with Crippen LogP contribution in [-0.4, -0.2) is 26.2 Å². The van der Waals surface area contributed by atoms with E-state index in [4.69, 9.17) is 4.74 Å². The molecule has 0 saturated heterocycles. The van der Waals surface area contributed by atoms with E-state index in [1.807, 2.05) is 31.2 Å². The number of carbonyl (C=O) groups is 1. The molecule has 0 bridgehead atoms. The van der Waals surface area contributed by atoms with Crippen LogP contribution in [0.5, 0.6) is 0 Å². The highest BCUT2D eigenvalue weighted by molar-refractivity contribution is 5.94. The Morgan fingerprint density at radius 2 is 2.19 bits per heavy atom. The van der Waals surface area contributed by atoms with Crippen LogP contribution in [0.3, 0.4) is 0 Å². The van der Waals surface area contributed by atoms with Crippen molar-refractivity contribution in [3.05, 3.63) is 35.4 Å². The summed E-state index contributed by atoms with van der Waals surface area (Å²) >= 11 is 0. The van der Waals surface area contributed by atoms with E-state index in [1.165, 1.54) is 0 Å². The molecule has 0 atom stereocenters. The highest BCUT2D eigenvalue weighted by Gasteiger charge is 2.03. The van der Waals surface area contributed by atoms with Crippen LogP contribution in [0.2, 0.25) is 0 Å². The lowest BCUT2D eigenvalue weighted by Gasteiger charge is -2.05. The molecule has 0 heterocycles. The Labute approximate surface area is 96.8 Å². The van der Waals surface area contributed by atoms with Gasteiger partial charge in [0.15, 0.2) is 0 Å². The van der Waals surface area contributed by atoms with E-state index in [-0.39, 0.29) is 5.91 Å². The Hall–Kier alpha value is -1.35. The van der Waals surface area contributed by atoms with Gasteiger partial charge in [0.05, 0.1) is 0 Å². The summed E-state index contributed by atoms with van der Waals surface area (Å²) in [7, 11) is 1.69. The molecule has 1 amide bonds. The van der Waals surface area contributed by atoms with E-state index in [1.54, 1.807) is 7.11 Å². The molecule has 0 aromatic heterocycles. The first-order chi connectivity index (χ1) is 7.74. The number of nitrogens with one attached hydrogen (secondary N) is 1. The number of carbonyl (C=O) groups excluding carboxylic acids is 1.